The van der Waals surface area contributed by atoms with Gasteiger partial charge in [0.1, 0.15) is 30.3 Å². The third-order valence-corrected chi connectivity index (χ3v) is 12.6. The van der Waals surface area contributed by atoms with E-state index in [9.17, 15) is 24.5 Å². The van der Waals surface area contributed by atoms with E-state index in [-0.39, 0.29) is 35.7 Å². The standard InChI is InChI=1S/C43H49BrN8O9/c1-26-18-38(35(21-34(26)44)47-42(54)48-39-23-45-27(2)22-46-39)61-25-31-24-49(13-17-60-31)12-5-15-58-14-3-4-16-59-30-8-9-32-33(20-30)36(10-11-37(32)52(56)57)51-41(53)40-28-6-7-29(19-28)50(40)43(51)55/h8-11,18,20-23,28-29,31,40H,3-7,12-17,19,24-25H2,1-2H3,(H2,46,47,48,54)/t28-,29+,31-,40+/m0/s1. The number of imide groups is 1. The zero-order valence-electron chi connectivity index (χ0n) is 34.1. The van der Waals surface area contributed by atoms with Crippen LogP contribution in [0, 0.1) is 29.9 Å². The Morgan fingerprint density at radius 2 is 1.82 bits per heavy atom. The van der Waals surface area contributed by atoms with Crippen molar-refractivity contribution >= 4 is 67.6 Å². The van der Waals surface area contributed by atoms with Gasteiger partial charge in [0, 0.05) is 54.8 Å². The number of ether oxygens (including phenoxy) is 4. The Hall–Kier alpha value is -5.43. The molecular formula is C43H49BrN8O9. The number of non-ortho nitro benzene ring substituents is 1. The second kappa shape index (κ2) is 18.7. The molecule has 2 N–H and O–H groups in total. The van der Waals surface area contributed by atoms with Crippen molar-refractivity contribution in [2.24, 2.45) is 5.92 Å². The molecular weight excluding hydrogens is 852 g/mol. The maximum atomic E-state index is 13.6. The molecule has 1 aliphatic carbocycles. The fraction of sp³-hybridized carbons (Fsp3) is 0.465. The number of amides is 5. The van der Waals surface area contributed by atoms with Gasteiger partial charge in [-0.1, -0.05) is 15.9 Å². The van der Waals surface area contributed by atoms with Crippen molar-refractivity contribution in [2.75, 3.05) is 68.2 Å². The minimum Gasteiger partial charge on any atom is -0.494 e. The summed E-state index contributed by atoms with van der Waals surface area (Å²) in [6.45, 7) is 8.64. The van der Waals surface area contributed by atoms with Gasteiger partial charge in [0.15, 0.2) is 5.82 Å². The van der Waals surface area contributed by atoms with E-state index in [1.165, 1.54) is 23.2 Å². The minimum absolute atomic E-state index is 0.0747. The molecule has 3 aromatic carbocycles. The molecule has 0 radical (unpaired) electrons. The predicted octanol–water partition coefficient (Wildman–Crippen LogP) is 7.23. The number of unbranched alkanes of at least 4 members (excludes halogenated alkanes) is 1. The van der Waals surface area contributed by atoms with E-state index in [0.29, 0.717) is 79.0 Å². The first-order chi connectivity index (χ1) is 29.5. The van der Waals surface area contributed by atoms with E-state index in [4.69, 9.17) is 18.9 Å². The molecule has 2 bridgehead atoms. The molecule has 3 aliphatic heterocycles. The molecule has 17 nitrogen and oxygen atoms in total. The van der Waals surface area contributed by atoms with Gasteiger partial charge in [-0.15, -0.1) is 0 Å². The van der Waals surface area contributed by atoms with Gasteiger partial charge < -0.3 is 29.2 Å². The van der Waals surface area contributed by atoms with Crippen molar-refractivity contribution < 1.29 is 38.3 Å². The molecule has 8 rings (SSSR count). The van der Waals surface area contributed by atoms with Crippen LogP contribution in [0.15, 0.2) is 59.3 Å². The first-order valence-electron chi connectivity index (χ1n) is 20.8. The van der Waals surface area contributed by atoms with E-state index < -0.39 is 17.0 Å². The Bertz CT molecular complexity index is 2270. The molecule has 0 unspecified atom stereocenters. The highest BCUT2D eigenvalue weighted by Gasteiger charge is 2.59. The molecule has 61 heavy (non-hydrogen) atoms. The summed E-state index contributed by atoms with van der Waals surface area (Å²) in [7, 11) is 0. The number of hydrogen-bond acceptors (Lipinski definition) is 12. The van der Waals surface area contributed by atoms with E-state index in [0.717, 1.165) is 67.3 Å². The lowest BCUT2D eigenvalue weighted by atomic mass is 9.99. The SMILES string of the molecule is Cc1cnc(NC(=O)Nc2cc(Br)c(C)cc2OC[C@@H]2CN(CCCOCCCCOc3ccc4c([N+](=O)[O-])ccc(N5C(=O)[C@H]6[C@H]7CC[C@H](C7)N6C5=O)c4c3)CCO2)cn1. The Morgan fingerprint density at radius 1 is 0.984 bits per heavy atom. The number of rotatable bonds is 17. The van der Waals surface area contributed by atoms with Gasteiger partial charge >= 0.3 is 12.1 Å². The summed E-state index contributed by atoms with van der Waals surface area (Å²) in [6.07, 6.45) is 7.99. The van der Waals surface area contributed by atoms with Gasteiger partial charge in [-0.3, -0.25) is 30.1 Å². The Morgan fingerprint density at radius 3 is 2.62 bits per heavy atom. The number of aryl methyl sites for hydroxylation is 2. The van der Waals surface area contributed by atoms with Crippen LogP contribution in [-0.4, -0.2) is 114 Å². The molecule has 18 heteroatoms. The van der Waals surface area contributed by atoms with Crippen molar-refractivity contribution in [3.8, 4) is 11.5 Å². The van der Waals surface area contributed by atoms with Crippen LogP contribution < -0.4 is 25.0 Å². The zero-order chi connectivity index (χ0) is 42.6. The zero-order valence-corrected chi connectivity index (χ0v) is 35.7. The Balaban J connectivity index is 0.755. The molecule has 4 heterocycles. The van der Waals surface area contributed by atoms with Gasteiger partial charge in [0.25, 0.3) is 11.6 Å². The van der Waals surface area contributed by atoms with Crippen LogP contribution in [0.3, 0.4) is 0 Å². The highest BCUT2D eigenvalue weighted by molar-refractivity contribution is 9.10. The predicted molar refractivity (Wildman–Crippen MR) is 230 cm³/mol. The Kier molecular flexibility index (Phi) is 12.9. The number of benzene rings is 3. The van der Waals surface area contributed by atoms with E-state index >= 15 is 0 Å². The summed E-state index contributed by atoms with van der Waals surface area (Å²) in [5.41, 5.74) is 2.46. The number of nitro groups is 1. The first kappa shape index (κ1) is 42.3. The highest BCUT2D eigenvalue weighted by atomic mass is 79.9. The van der Waals surface area contributed by atoms with E-state index in [2.05, 4.69) is 41.4 Å². The smallest absolute Gasteiger partial charge is 0.332 e. The summed E-state index contributed by atoms with van der Waals surface area (Å²) < 4.78 is 25.0. The second-order valence-electron chi connectivity index (χ2n) is 15.9. The number of halogens is 1. The highest BCUT2D eigenvalue weighted by Crippen LogP contribution is 2.48. The maximum absolute atomic E-state index is 13.6. The van der Waals surface area contributed by atoms with Crippen molar-refractivity contribution in [1.82, 2.24) is 19.8 Å². The van der Waals surface area contributed by atoms with Gasteiger partial charge in [-0.25, -0.2) is 19.5 Å². The molecule has 1 saturated carbocycles. The topological polar surface area (TPSA) is 191 Å². The van der Waals surface area contributed by atoms with Crippen LogP contribution in [0.5, 0.6) is 11.5 Å². The molecule has 4 aliphatic rings. The average molecular weight is 902 g/mol. The first-order valence-corrected chi connectivity index (χ1v) is 21.5. The maximum Gasteiger partial charge on any atom is 0.332 e. The molecule has 4 atom stereocenters. The van der Waals surface area contributed by atoms with Crippen LogP contribution in [0.2, 0.25) is 0 Å². The molecule has 3 saturated heterocycles. The van der Waals surface area contributed by atoms with Gasteiger partial charge in [0.05, 0.1) is 53.0 Å². The second-order valence-corrected chi connectivity index (χ2v) is 16.8. The molecule has 322 valence electrons. The fourth-order valence-corrected chi connectivity index (χ4v) is 9.08. The normalized spacial score (nSPS) is 21.0. The monoisotopic (exact) mass is 900 g/mol. The van der Waals surface area contributed by atoms with Gasteiger partial charge in [0.2, 0.25) is 0 Å². The quantitative estimate of drug-likeness (QED) is 0.0469. The van der Waals surface area contributed by atoms with Gasteiger partial charge in [-0.2, -0.15) is 0 Å². The number of hydrogen-bond donors (Lipinski definition) is 2. The number of carbonyl (C=O) groups excluding carboxylic acids is 3. The summed E-state index contributed by atoms with van der Waals surface area (Å²) in [6, 6.07) is 10.3. The fourth-order valence-electron chi connectivity index (χ4n) is 8.74. The molecule has 0 spiro atoms. The van der Waals surface area contributed by atoms with Crippen molar-refractivity contribution in [1.29, 1.82) is 0 Å². The van der Waals surface area contributed by atoms with Crippen LogP contribution in [-0.2, 0) is 14.3 Å². The van der Waals surface area contributed by atoms with Crippen molar-refractivity contribution in [3.63, 3.8) is 0 Å². The van der Waals surface area contributed by atoms with Gasteiger partial charge in [-0.05, 0) is 100 Å². The largest absolute Gasteiger partial charge is 0.494 e. The van der Waals surface area contributed by atoms with E-state index in [1.54, 1.807) is 35.4 Å². The summed E-state index contributed by atoms with van der Waals surface area (Å²) in [5, 5.41) is 18.2. The lowest BCUT2D eigenvalue weighted by Crippen LogP contribution is -2.45. The Labute approximate surface area is 361 Å². The molecule has 4 fully saturated rings. The lowest BCUT2D eigenvalue weighted by Gasteiger charge is -2.33. The third-order valence-electron chi connectivity index (χ3n) is 11.7. The number of urea groups is 2. The van der Waals surface area contributed by atoms with Crippen molar-refractivity contribution in [2.45, 2.75) is 70.6 Å². The van der Waals surface area contributed by atoms with Crippen LogP contribution in [0.1, 0.15) is 49.8 Å². The summed E-state index contributed by atoms with van der Waals surface area (Å²) in [4.78, 5) is 64.9. The average Bonchev–Trinajstić information content (AvgIpc) is 3.94. The summed E-state index contributed by atoms with van der Waals surface area (Å²) >= 11 is 3.54. The number of nitrogens with one attached hydrogen (secondary N) is 2. The van der Waals surface area contributed by atoms with Crippen molar-refractivity contribution in [3.05, 3.63) is 80.7 Å². The minimum atomic E-state index is -0.467. The number of carbonyl (C=O) groups is 3. The summed E-state index contributed by atoms with van der Waals surface area (Å²) in [5.74, 6) is 1.28. The van der Waals surface area contributed by atoms with Crippen LogP contribution in [0.25, 0.3) is 10.8 Å². The number of aromatic nitrogens is 2. The number of fused-ring (bicyclic) bond motifs is 6. The lowest BCUT2D eigenvalue weighted by molar-refractivity contribution is -0.383. The number of anilines is 3. The number of nitro benzene ring substituents is 1. The number of piperidine rings is 1. The van der Waals surface area contributed by atoms with Crippen LogP contribution >= 0.6 is 15.9 Å². The number of morpholine rings is 1. The number of nitrogens with zero attached hydrogens (tertiary/aromatic N) is 6. The molecule has 4 aromatic rings. The van der Waals surface area contributed by atoms with Crippen LogP contribution in [0.4, 0.5) is 32.5 Å². The van der Waals surface area contributed by atoms with E-state index in [1.807, 2.05) is 19.9 Å². The molecule has 1 aromatic heterocycles. The molecule has 5 amide bonds. The third kappa shape index (κ3) is 9.41.